The molecule has 1 aromatic rings. The van der Waals surface area contributed by atoms with E-state index >= 15 is 0 Å². The number of hydrogen-bond acceptors (Lipinski definition) is 3. The summed E-state index contributed by atoms with van der Waals surface area (Å²) in [7, 11) is 1.67. The summed E-state index contributed by atoms with van der Waals surface area (Å²) in [4.78, 5) is 2.67. The molecule has 0 aliphatic heterocycles. The summed E-state index contributed by atoms with van der Waals surface area (Å²) in [6.07, 6.45) is -4.22. The number of halogens is 4. The Morgan fingerprint density at radius 2 is 2.18 bits per heavy atom. The van der Waals surface area contributed by atoms with Crippen molar-refractivity contribution in [2.45, 2.75) is 12.7 Å². The Kier molecular flexibility index (Phi) is 5.43. The maximum absolute atomic E-state index is 12.5. The highest BCUT2D eigenvalue weighted by Crippen LogP contribution is 2.27. The molecule has 2 nitrogen and oxygen atoms in total. The van der Waals surface area contributed by atoms with Crippen LogP contribution in [0, 0.1) is 5.92 Å². The average molecular weight is 331 g/mol. The second-order valence-corrected chi connectivity index (χ2v) is 5.81. The molecule has 0 aliphatic rings. The minimum Gasteiger partial charge on any atom is -0.330 e. The lowest BCUT2D eigenvalue weighted by Gasteiger charge is -2.24. The van der Waals surface area contributed by atoms with Gasteiger partial charge >= 0.3 is 6.18 Å². The fourth-order valence-corrected chi connectivity index (χ4v) is 2.99. The molecule has 1 rings (SSSR count). The molecule has 2 N–H and O–H groups in total. The smallest absolute Gasteiger partial charge is 0.330 e. The van der Waals surface area contributed by atoms with E-state index in [1.54, 1.807) is 11.9 Å². The Labute approximate surface area is 111 Å². The van der Waals surface area contributed by atoms with E-state index < -0.39 is 12.1 Å². The minimum atomic E-state index is -4.22. The van der Waals surface area contributed by atoms with Crippen LogP contribution in [0.2, 0.25) is 0 Å². The van der Waals surface area contributed by atoms with E-state index in [4.69, 9.17) is 5.73 Å². The summed E-state index contributed by atoms with van der Waals surface area (Å²) >= 11 is 4.83. The van der Waals surface area contributed by atoms with Gasteiger partial charge in [0, 0.05) is 34.4 Å². The minimum absolute atomic E-state index is 0.0739. The van der Waals surface area contributed by atoms with Crippen molar-refractivity contribution in [2.75, 3.05) is 20.1 Å². The highest BCUT2D eigenvalue weighted by molar-refractivity contribution is 9.10. The Balaban J connectivity index is 2.51. The van der Waals surface area contributed by atoms with Gasteiger partial charge in [0.1, 0.15) is 0 Å². The van der Waals surface area contributed by atoms with Crippen LogP contribution in [-0.4, -0.2) is 31.2 Å². The Hall–Kier alpha value is -0.110. The lowest BCUT2D eigenvalue weighted by atomic mass is 10.1. The van der Waals surface area contributed by atoms with Gasteiger partial charge in [0.15, 0.2) is 0 Å². The van der Waals surface area contributed by atoms with E-state index in [0.717, 1.165) is 9.35 Å². The largest absolute Gasteiger partial charge is 0.394 e. The number of nitrogens with two attached hydrogens (primary N) is 1. The van der Waals surface area contributed by atoms with Crippen LogP contribution in [-0.2, 0) is 6.54 Å². The molecular formula is C10H14BrF3N2S. The fraction of sp³-hybridized carbons (Fsp3) is 0.600. The standard InChI is InChI=1S/C10H14BrF3N2S/c1-16(4-7(3-15)10(12,13)14)5-9-2-8(11)6-17-9/h2,6-7H,3-5,15H2,1H3. The molecule has 7 heteroatoms. The van der Waals surface area contributed by atoms with Gasteiger partial charge in [-0.1, -0.05) is 0 Å². The van der Waals surface area contributed by atoms with Gasteiger partial charge in [-0.15, -0.1) is 11.3 Å². The third-order valence-corrected chi connectivity index (χ3v) is 4.01. The van der Waals surface area contributed by atoms with Gasteiger partial charge in [-0.05, 0) is 29.0 Å². The molecule has 1 heterocycles. The van der Waals surface area contributed by atoms with Crippen molar-refractivity contribution >= 4 is 27.3 Å². The van der Waals surface area contributed by atoms with Crippen LogP contribution in [0.25, 0.3) is 0 Å². The lowest BCUT2D eigenvalue weighted by molar-refractivity contribution is -0.175. The zero-order chi connectivity index (χ0) is 13.1. The van der Waals surface area contributed by atoms with Crippen molar-refractivity contribution in [3.05, 3.63) is 20.8 Å². The van der Waals surface area contributed by atoms with Gasteiger partial charge in [-0.25, -0.2) is 0 Å². The molecule has 0 amide bonds. The normalized spacial score (nSPS) is 14.3. The van der Waals surface area contributed by atoms with Crippen molar-refractivity contribution in [3.63, 3.8) is 0 Å². The van der Waals surface area contributed by atoms with E-state index in [-0.39, 0.29) is 13.1 Å². The SMILES string of the molecule is CN(Cc1cc(Br)cs1)CC(CN)C(F)(F)F. The molecule has 1 unspecified atom stereocenters. The van der Waals surface area contributed by atoms with Crippen molar-refractivity contribution in [1.82, 2.24) is 4.90 Å². The summed E-state index contributed by atoms with van der Waals surface area (Å²) in [6.45, 7) is 0.0559. The first-order valence-electron chi connectivity index (χ1n) is 5.01. The topological polar surface area (TPSA) is 29.3 Å². The summed E-state index contributed by atoms with van der Waals surface area (Å²) < 4.78 is 38.5. The summed E-state index contributed by atoms with van der Waals surface area (Å²) in [5.41, 5.74) is 5.15. The van der Waals surface area contributed by atoms with E-state index in [9.17, 15) is 13.2 Å². The number of alkyl halides is 3. The van der Waals surface area contributed by atoms with Crippen molar-refractivity contribution < 1.29 is 13.2 Å². The van der Waals surface area contributed by atoms with Gasteiger partial charge in [0.05, 0.1) is 5.92 Å². The van der Waals surface area contributed by atoms with Gasteiger partial charge in [0.2, 0.25) is 0 Å². The Morgan fingerprint density at radius 3 is 2.59 bits per heavy atom. The first-order chi connectivity index (χ1) is 7.82. The molecule has 0 bridgehead atoms. The third kappa shape index (κ3) is 4.95. The number of thiophene rings is 1. The molecule has 17 heavy (non-hydrogen) atoms. The molecule has 0 fully saturated rings. The molecule has 0 saturated carbocycles. The van der Waals surface area contributed by atoms with Crippen molar-refractivity contribution in [3.8, 4) is 0 Å². The zero-order valence-electron chi connectivity index (χ0n) is 9.30. The maximum Gasteiger partial charge on any atom is 0.394 e. The predicted octanol–water partition coefficient (Wildman–Crippen LogP) is 3.08. The average Bonchev–Trinajstić information content (AvgIpc) is 2.58. The Morgan fingerprint density at radius 1 is 1.53 bits per heavy atom. The summed E-state index contributed by atoms with van der Waals surface area (Å²) in [5.74, 6) is -1.46. The van der Waals surface area contributed by atoms with Crippen LogP contribution >= 0.6 is 27.3 Å². The van der Waals surface area contributed by atoms with Crippen molar-refractivity contribution in [2.24, 2.45) is 11.7 Å². The van der Waals surface area contributed by atoms with E-state index in [1.165, 1.54) is 11.3 Å². The molecule has 0 saturated heterocycles. The van der Waals surface area contributed by atoms with Crippen LogP contribution in [0.5, 0.6) is 0 Å². The zero-order valence-corrected chi connectivity index (χ0v) is 11.7. The summed E-state index contributed by atoms with van der Waals surface area (Å²) in [5, 5.41) is 1.91. The van der Waals surface area contributed by atoms with Crippen molar-refractivity contribution in [1.29, 1.82) is 0 Å². The van der Waals surface area contributed by atoms with Gasteiger partial charge in [0.25, 0.3) is 0 Å². The van der Waals surface area contributed by atoms with E-state index in [2.05, 4.69) is 15.9 Å². The second-order valence-electron chi connectivity index (χ2n) is 3.90. The molecular weight excluding hydrogens is 317 g/mol. The first-order valence-corrected chi connectivity index (χ1v) is 6.68. The highest BCUT2D eigenvalue weighted by atomic mass is 79.9. The van der Waals surface area contributed by atoms with Crippen LogP contribution in [0.4, 0.5) is 13.2 Å². The molecule has 1 atom stereocenters. The third-order valence-electron chi connectivity index (χ3n) is 2.33. The number of nitrogens with zero attached hydrogens (tertiary/aromatic N) is 1. The van der Waals surface area contributed by atoms with E-state index in [1.807, 2.05) is 11.4 Å². The first kappa shape index (κ1) is 14.9. The monoisotopic (exact) mass is 330 g/mol. The molecule has 0 aliphatic carbocycles. The number of rotatable bonds is 5. The number of hydrogen-bond donors (Lipinski definition) is 1. The van der Waals surface area contributed by atoms with Gasteiger partial charge in [-0.3, -0.25) is 0 Å². The van der Waals surface area contributed by atoms with Crippen LogP contribution in [0.15, 0.2) is 15.9 Å². The molecule has 0 aromatic carbocycles. The molecule has 1 aromatic heterocycles. The molecule has 0 spiro atoms. The Bertz CT molecular complexity index is 354. The lowest BCUT2D eigenvalue weighted by Crippen LogP contribution is -2.39. The molecule has 98 valence electrons. The van der Waals surface area contributed by atoms with Gasteiger partial charge < -0.3 is 10.6 Å². The van der Waals surface area contributed by atoms with Crippen LogP contribution in [0.3, 0.4) is 0 Å². The maximum atomic E-state index is 12.5. The second kappa shape index (κ2) is 6.17. The molecule has 0 radical (unpaired) electrons. The highest BCUT2D eigenvalue weighted by Gasteiger charge is 2.38. The van der Waals surface area contributed by atoms with Crippen LogP contribution in [0.1, 0.15) is 4.88 Å². The van der Waals surface area contributed by atoms with Gasteiger partial charge in [-0.2, -0.15) is 13.2 Å². The van der Waals surface area contributed by atoms with Crippen LogP contribution < -0.4 is 5.73 Å². The predicted molar refractivity (Wildman–Crippen MR) is 67.0 cm³/mol. The summed E-state index contributed by atoms with van der Waals surface area (Å²) in [6, 6.07) is 1.91. The quantitative estimate of drug-likeness (QED) is 0.898. The van der Waals surface area contributed by atoms with E-state index in [0.29, 0.717) is 6.54 Å². The fourth-order valence-electron chi connectivity index (χ4n) is 1.46.